The first-order valence-electron chi connectivity index (χ1n) is 10.7. The molecule has 1 aromatic heterocycles. The Hall–Kier alpha value is -2.76. The van der Waals surface area contributed by atoms with Gasteiger partial charge in [0.05, 0.1) is 12.1 Å². The Kier molecular flexibility index (Phi) is 6.11. The molecule has 30 heavy (non-hydrogen) atoms. The van der Waals surface area contributed by atoms with Crippen molar-refractivity contribution in [3.8, 4) is 0 Å². The number of nitrogens with zero attached hydrogens (tertiary/aromatic N) is 2. The lowest BCUT2D eigenvalue weighted by atomic mass is 9.96. The van der Waals surface area contributed by atoms with Gasteiger partial charge >= 0.3 is 0 Å². The molecule has 0 unspecified atom stereocenters. The van der Waals surface area contributed by atoms with E-state index in [9.17, 15) is 9.90 Å². The Bertz CT molecular complexity index is 1060. The Labute approximate surface area is 177 Å². The molecule has 0 aliphatic carbocycles. The highest BCUT2D eigenvalue weighted by atomic mass is 16.3. The van der Waals surface area contributed by atoms with Crippen molar-refractivity contribution in [1.29, 1.82) is 0 Å². The van der Waals surface area contributed by atoms with E-state index >= 15 is 0 Å². The van der Waals surface area contributed by atoms with Gasteiger partial charge in [-0.1, -0.05) is 30.3 Å². The molecule has 0 bridgehead atoms. The number of hydrogen-bond acceptors (Lipinski definition) is 4. The number of aryl methyl sites for hydroxylation is 1. The lowest BCUT2D eigenvalue weighted by Gasteiger charge is -2.31. The second-order valence-corrected chi connectivity index (χ2v) is 8.24. The molecule has 3 N–H and O–H groups in total. The third-order valence-electron chi connectivity index (χ3n) is 6.11. The van der Waals surface area contributed by atoms with Gasteiger partial charge in [0.1, 0.15) is 0 Å². The molecule has 156 valence electrons. The van der Waals surface area contributed by atoms with E-state index in [4.69, 9.17) is 10.7 Å². The minimum Gasteiger partial charge on any atom is -0.392 e. The molecule has 1 amide bonds. The summed E-state index contributed by atoms with van der Waals surface area (Å²) < 4.78 is 0. The van der Waals surface area contributed by atoms with Crippen LogP contribution in [-0.2, 0) is 13.0 Å². The molecule has 2 aromatic carbocycles. The Morgan fingerprint density at radius 2 is 1.90 bits per heavy atom. The fraction of sp³-hybridized carbons (Fsp3) is 0.360. The van der Waals surface area contributed by atoms with Gasteiger partial charge in [0.15, 0.2) is 0 Å². The molecular weight excluding hydrogens is 374 g/mol. The minimum atomic E-state index is -0.00581. The molecule has 2 heterocycles. The average Bonchev–Trinajstić information content (AvgIpc) is 2.78. The highest BCUT2D eigenvalue weighted by Gasteiger charge is 2.23. The summed E-state index contributed by atoms with van der Waals surface area (Å²) in [6.45, 7) is 4.20. The first-order valence-corrected chi connectivity index (χ1v) is 10.7. The zero-order valence-electron chi connectivity index (χ0n) is 17.5. The quantitative estimate of drug-likeness (QED) is 0.684. The number of benzene rings is 2. The van der Waals surface area contributed by atoms with Gasteiger partial charge < -0.3 is 15.7 Å². The van der Waals surface area contributed by atoms with Crippen LogP contribution in [0, 0.1) is 12.8 Å². The van der Waals surface area contributed by atoms with Crippen LogP contribution in [0.15, 0.2) is 48.5 Å². The molecule has 4 rings (SSSR count). The lowest BCUT2D eigenvalue weighted by Crippen LogP contribution is -2.40. The van der Waals surface area contributed by atoms with Crippen molar-refractivity contribution in [1.82, 2.24) is 9.88 Å². The molecule has 3 aromatic rings. The maximum absolute atomic E-state index is 13.0. The maximum Gasteiger partial charge on any atom is 0.253 e. The standard InChI is InChI=1S/C25H29N3O2/c1-17-12-22(16-29)23-7-3-5-20(24(23)27-17)13-19-4-2-6-21(14-19)25(30)28-10-8-18(15-26)9-11-28/h2-7,12,14,18,29H,8-11,13,15-16,26H2,1H3. The number of amides is 1. The molecule has 0 radical (unpaired) electrons. The first kappa shape index (κ1) is 20.5. The van der Waals surface area contributed by atoms with Crippen molar-refractivity contribution in [3.63, 3.8) is 0 Å². The van der Waals surface area contributed by atoms with Crippen LogP contribution in [0.3, 0.4) is 0 Å². The van der Waals surface area contributed by atoms with Gasteiger partial charge in [-0.3, -0.25) is 9.78 Å². The van der Waals surface area contributed by atoms with E-state index in [1.807, 2.05) is 48.2 Å². The molecule has 1 aliphatic rings. The number of pyridine rings is 1. The van der Waals surface area contributed by atoms with Gasteiger partial charge in [0.2, 0.25) is 0 Å². The van der Waals surface area contributed by atoms with Gasteiger partial charge in [0.25, 0.3) is 5.91 Å². The van der Waals surface area contributed by atoms with Crippen LogP contribution in [0.2, 0.25) is 0 Å². The summed E-state index contributed by atoms with van der Waals surface area (Å²) in [6, 6.07) is 15.9. The van der Waals surface area contributed by atoms with Crippen LogP contribution < -0.4 is 5.73 Å². The first-order chi connectivity index (χ1) is 14.6. The summed E-state index contributed by atoms with van der Waals surface area (Å²) in [5.41, 5.74) is 11.4. The average molecular weight is 404 g/mol. The molecular formula is C25H29N3O2. The molecule has 1 fully saturated rings. The topological polar surface area (TPSA) is 79.5 Å². The van der Waals surface area contributed by atoms with Crippen molar-refractivity contribution in [2.45, 2.75) is 32.8 Å². The predicted octanol–water partition coefficient (Wildman–Crippen LogP) is 3.44. The van der Waals surface area contributed by atoms with E-state index in [0.717, 1.165) is 64.8 Å². The number of hydrogen-bond donors (Lipinski definition) is 2. The number of carbonyl (C=O) groups is 1. The number of para-hydroxylation sites is 1. The van der Waals surface area contributed by atoms with E-state index < -0.39 is 0 Å². The molecule has 1 saturated heterocycles. The predicted molar refractivity (Wildman–Crippen MR) is 119 cm³/mol. The van der Waals surface area contributed by atoms with Crippen LogP contribution >= 0.6 is 0 Å². The van der Waals surface area contributed by atoms with Crippen molar-refractivity contribution in [2.75, 3.05) is 19.6 Å². The smallest absolute Gasteiger partial charge is 0.253 e. The number of rotatable bonds is 5. The van der Waals surface area contributed by atoms with Crippen molar-refractivity contribution in [3.05, 3.63) is 76.5 Å². The number of carbonyl (C=O) groups excluding carboxylic acids is 1. The van der Waals surface area contributed by atoms with E-state index in [-0.39, 0.29) is 12.5 Å². The minimum absolute atomic E-state index is 0.00581. The number of aromatic nitrogens is 1. The second-order valence-electron chi connectivity index (χ2n) is 8.24. The summed E-state index contributed by atoms with van der Waals surface area (Å²) in [7, 11) is 0. The van der Waals surface area contributed by atoms with Crippen LogP contribution in [0.4, 0.5) is 0 Å². The van der Waals surface area contributed by atoms with Gasteiger partial charge in [-0.2, -0.15) is 0 Å². The number of aliphatic hydroxyl groups excluding tert-OH is 1. The summed E-state index contributed by atoms with van der Waals surface area (Å²) in [4.78, 5) is 19.7. The number of fused-ring (bicyclic) bond motifs is 1. The van der Waals surface area contributed by atoms with Crippen LogP contribution in [0.25, 0.3) is 10.9 Å². The zero-order valence-corrected chi connectivity index (χ0v) is 17.5. The monoisotopic (exact) mass is 403 g/mol. The Balaban J connectivity index is 1.58. The van der Waals surface area contributed by atoms with Gasteiger partial charge in [-0.25, -0.2) is 0 Å². The molecule has 0 atom stereocenters. The zero-order chi connectivity index (χ0) is 21.1. The highest BCUT2D eigenvalue weighted by Crippen LogP contribution is 2.25. The number of piperidine rings is 1. The highest BCUT2D eigenvalue weighted by molar-refractivity contribution is 5.94. The second kappa shape index (κ2) is 8.94. The normalized spacial score (nSPS) is 15.0. The molecule has 1 aliphatic heterocycles. The number of aliphatic hydroxyl groups is 1. The molecule has 0 saturated carbocycles. The van der Waals surface area contributed by atoms with E-state index in [1.54, 1.807) is 0 Å². The van der Waals surface area contributed by atoms with Crippen molar-refractivity contribution >= 4 is 16.8 Å². The summed E-state index contributed by atoms with van der Waals surface area (Å²) in [5, 5.41) is 10.7. The number of nitrogens with two attached hydrogens (primary N) is 1. The number of likely N-dealkylation sites (tertiary alicyclic amines) is 1. The third-order valence-corrected chi connectivity index (χ3v) is 6.11. The molecule has 5 heteroatoms. The third kappa shape index (κ3) is 4.23. The van der Waals surface area contributed by atoms with Crippen molar-refractivity contribution in [2.24, 2.45) is 11.7 Å². The largest absolute Gasteiger partial charge is 0.392 e. The van der Waals surface area contributed by atoms with Gasteiger partial charge in [0, 0.05) is 29.7 Å². The van der Waals surface area contributed by atoms with E-state index in [0.29, 0.717) is 18.9 Å². The summed E-state index contributed by atoms with van der Waals surface area (Å²) in [5.74, 6) is 0.633. The maximum atomic E-state index is 13.0. The Morgan fingerprint density at radius 1 is 1.13 bits per heavy atom. The van der Waals surface area contributed by atoms with E-state index in [2.05, 4.69) is 12.1 Å². The SMILES string of the molecule is Cc1cc(CO)c2cccc(Cc3cccc(C(=O)N4CCC(CN)CC4)c3)c2n1. The lowest BCUT2D eigenvalue weighted by molar-refractivity contribution is 0.0693. The summed E-state index contributed by atoms with van der Waals surface area (Å²) >= 11 is 0. The molecule has 5 nitrogen and oxygen atoms in total. The van der Waals surface area contributed by atoms with Gasteiger partial charge in [-0.15, -0.1) is 0 Å². The van der Waals surface area contributed by atoms with Crippen LogP contribution in [0.1, 0.15) is 45.6 Å². The fourth-order valence-corrected chi connectivity index (χ4v) is 4.38. The van der Waals surface area contributed by atoms with E-state index in [1.165, 1.54) is 0 Å². The fourth-order valence-electron chi connectivity index (χ4n) is 4.38. The van der Waals surface area contributed by atoms with Crippen LogP contribution in [-0.4, -0.2) is 40.5 Å². The Morgan fingerprint density at radius 3 is 2.63 bits per heavy atom. The van der Waals surface area contributed by atoms with Gasteiger partial charge in [-0.05, 0) is 73.5 Å². The summed E-state index contributed by atoms with van der Waals surface area (Å²) in [6.07, 6.45) is 2.65. The van der Waals surface area contributed by atoms with Crippen molar-refractivity contribution < 1.29 is 9.90 Å². The van der Waals surface area contributed by atoms with Crippen LogP contribution in [0.5, 0.6) is 0 Å². The molecule has 0 spiro atoms.